The summed E-state index contributed by atoms with van der Waals surface area (Å²) in [7, 11) is -8.85. The van der Waals surface area contributed by atoms with Gasteiger partial charge < -0.3 is 25.2 Å². The average Bonchev–Trinajstić information content (AvgIpc) is 3.46. The number of ether oxygens (including phenoxy) is 1. The molecule has 13 nitrogen and oxygen atoms in total. The van der Waals surface area contributed by atoms with Gasteiger partial charge in [0.2, 0.25) is 0 Å². The topological polar surface area (TPSA) is 151 Å². The fourth-order valence-corrected chi connectivity index (χ4v) is 7.54. The Kier molecular flexibility index (Phi) is 16.2. The molecule has 2 fully saturated rings. The van der Waals surface area contributed by atoms with E-state index in [-0.39, 0.29) is 68.8 Å². The standard InChI is InChI=1S/C28H60N4O9P2/c1-19(2)29-24-11-26(31(13-24)21(5)6)15-37-42(33,34)39-17-28(41-23(9)10)18-40-43(35,36)38-16-27-12-25(30-20(3)4)14-32(27)22(7)8/h19-30H,11-18H2,1-10H3,(H,33,34)(H,35,36). The van der Waals surface area contributed by atoms with Crippen LogP contribution < -0.4 is 10.6 Å². The largest absolute Gasteiger partial charge is 0.472 e. The molecule has 0 aromatic rings. The molecule has 0 bridgehead atoms. The zero-order chi connectivity index (χ0) is 32.5. The molecular formula is C28H60N4O9P2. The van der Waals surface area contributed by atoms with E-state index in [1.54, 1.807) is 13.8 Å². The number of nitrogens with one attached hydrogen (secondary N) is 2. The highest BCUT2D eigenvalue weighted by molar-refractivity contribution is 7.47. The Morgan fingerprint density at radius 2 is 1.05 bits per heavy atom. The van der Waals surface area contributed by atoms with Gasteiger partial charge in [-0.25, -0.2) is 9.13 Å². The smallest absolute Gasteiger partial charge is 0.371 e. The highest BCUT2D eigenvalue weighted by Crippen LogP contribution is 2.46. The minimum absolute atomic E-state index is 0.0355. The molecule has 0 aliphatic carbocycles. The van der Waals surface area contributed by atoms with Crippen LogP contribution >= 0.6 is 15.6 Å². The monoisotopic (exact) mass is 658 g/mol. The van der Waals surface area contributed by atoms with E-state index in [4.69, 9.17) is 22.8 Å². The lowest BCUT2D eigenvalue weighted by molar-refractivity contribution is -0.0514. The molecule has 43 heavy (non-hydrogen) atoms. The van der Waals surface area contributed by atoms with Crippen molar-refractivity contribution >= 4 is 15.6 Å². The predicted octanol–water partition coefficient (Wildman–Crippen LogP) is 3.75. The van der Waals surface area contributed by atoms with Gasteiger partial charge in [0.15, 0.2) is 0 Å². The van der Waals surface area contributed by atoms with Crippen LogP contribution in [0.2, 0.25) is 0 Å². The van der Waals surface area contributed by atoms with E-state index in [9.17, 15) is 18.9 Å². The van der Waals surface area contributed by atoms with E-state index in [1.807, 2.05) is 0 Å². The fraction of sp³-hybridized carbons (Fsp3) is 1.00. The summed E-state index contributed by atoms with van der Waals surface area (Å²) in [6.45, 7) is 21.3. The Balaban J connectivity index is 1.88. The third-order valence-corrected chi connectivity index (χ3v) is 9.45. The van der Waals surface area contributed by atoms with E-state index in [0.29, 0.717) is 12.1 Å². The molecule has 0 radical (unpaired) electrons. The highest BCUT2D eigenvalue weighted by Gasteiger charge is 2.38. The van der Waals surface area contributed by atoms with Crippen LogP contribution in [0, 0.1) is 0 Å². The zero-order valence-electron chi connectivity index (χ0n) is 28.0. The van der Waals surface area contributed by atoms with Crippen LogP contribution in [0.25, 0.3) is 0 Å². The minimum atomic E-state index is -4.43. The summed E-state index contributed by atoms with van der Waals surface area (Å²) in [6, 6.07) is 1.65. The van der Waals surface area contributed by atoms with Crippen LogP contribution in [-0.2, 0) is 32.0 Å². The number of phosphoric ester groups is 2. The van der Waals surface area contributed by atoms with Crippen molar-refractivity contribution < 1.29 is 41.7 Å². The van der Waals surface area contributed by atoms with Crippen molar-refractivity contribution in [2.75, 3.05) is 39.5 Å². The van der Waals surface area contributed by atoms with Crippen LogP contribution in [0.3, 0.4) is 0 Å². The van der Waals surface area contributed by atoms with Crippen molar-refractivity contribution in [3.05, 3.63) is 0 Å². The van der Waals surface area contributed by atoms with Gasteiger partial charge in [0.25, 0.3) is 0 Å². The molecule has 4 N–H and O–H groups in total. The number of likely N-dealkylation sites (tertiary alicyclic amines) is 2. The lowest BCUT2D eigenvalue weighted by Crippen LogP contribution is -2.40. The summed E-state index contributed by atoms with van der Waals surface area (Å²) >= 11 is 0. The van der Waals surface area contributed by atoms with Crippen LogP contribution in [0.1, 0.15) is 82.1 Å². The van der Waals surface area contributed by atoms with Crippen LogP contribution in [-0.4, -0.2) is 120 Å². The van der Waals surface area contributed by atoms with E-state index < -0.39 is 21.7 Å². The van der Waals surface area contributed by atoms with Crippen LogP contribution in [0.15, 0.2) is 0 Å². The Labute approximate surface area is 259 Å². The summed E-state index contributed by atoms with van der Waals surface area (Å²) in [5.74, 6) is 0. The Bertz CT molecular complexity index is 845. The van der Waals surface area contributed by atoms with Gasteiger partial charge >= 0.3 is 15.6 Å². The van der Waals surface area contributed by atoms with E-state index in [1.165, 1.54) is 0 Å². The Hall–Kier alpha value is 0.0200. The Morgan fingerprint density at radius 3 is 1.35 bits per heavy atom. The third kappa shape index (κ3) is 14.5. The third-order valence-electron chi connectivity index (χ3n) is 7.55. The molecule has 0 amide bonds. The first-order chi connectivity index (χ1) is 19.9. The molecule has 0 spiro atoms. The maximum absolute atomic E-state index is 12.8. The van der Waals surface area contributed by atoms with E-state index >= 15 is 0 Å². The molecular weight excluding hydrogens is 598 g/mol. The van der Waals surface area contributed by atoms with Crippen LogP contribution in [0.5, 0.6) is 0 Å². The lowest BCUT2D eigenvalue weighted by atomic mass is 10.1. The summed E-state index contributed by atoms with van der Waals surface area (Å²) < 4.78 is 52.6. The summed E-state index contributed by atoms with van der Waals surface area (Å²) in [5.41, 5.74) is 0. The van der Waals surface area contributed by atoms with Gasteiger partial charge in [0.05, 0.1) is 32.5 Å². The number of hydrogen-bond acceptors (Lipinski definition) is 11. The van der Waals surface area contributed by atoms with Gasteiger partial charge in [-0.1, -0.05) is 27.7 Å². The highest BCUT2D eigenvalue weighted by atomic mass is 31.2. The second kappa shape index (κ2) is 17.8. The molecule has 2 saturated heterocycles. The number of rotatable bonds is 20. The van der Waals surface area contributed by atoms with Gasteiger partial charge in [-0.15, -0.1) is 0 Å². The van der Waals surface area contributed by atoms with E-state index in [0.717, 1.165) is 25.9 Å². The molecule has 15 heteroatoms. The number of hydrogen-bond donors (Lipinski definition) is 4. The SMILES string of the molecule is CC(C)NC1CC(COP(=O)(O)OCC(COP(=O)(O)OCC2CC(NC(C)C)CN2C(C)C)OC(C)C)N(C(C)C)C1. The Morgan fingerprint density at radius 1 is 0.674 bits per heavy atom. The van der Waals surface area contributed by atoms with Crippen molar-refractivity contribution in [2.45, 2.75) is 143 Å². The van der Waals surface area contributed by atoms with Crippen molar-refractivity contribution in [3.63, 3.8) is 0 Å². The van der Waals surface area contributed by atoms with Crippen molar-refractivity contribution in [3.8, 4) is 0 Å². The second-order valence-corrected chi connectivity index (χ2v) is 16.2. The maximum atomic E-state index is 12.8. The maximum Gasteiger partial charge on any atom is 0.472 e. The van der Waals surface area contributed by atoms with E-state index in [2.05, 4.69) is 75.8 Å². The molecule has 0 aromatic heterocycles. The molecule has 2 rings (SSSR count). The number of nitrogens with zero attached hydrogens (tertiary/aromatic N) is 2. The first-order valence-electron chi connectivity index (χ1n) is 15.8. The summed E-state index contributed by atoms with van der Waals surface area (Å²) in [4.78, 5) is 25.3. The normalized spacial score (nSPS) is 27.7. The van der Waals surface area contributed by atoms with Gasteiger partial charge in [-0.05, 0) is 54.4 Å². The quantitative estimate of drug-likeness (QED) is 0.141. The van der Waals surface area contributed by atoms with Gasteiger partial charge in [0, 0.05) is 61.4 Å². The second-order valence-electron chi connectivity index (χ2n) is 13.3. The van der Waals surface area contributed by atoms with Crippen molar-refractivity contribution in [2.24, 2.45) is 0 Å². The first-order valence-corrected chi connectivity index (χ1v) is 18.8. The van der Waals surface area contributed by atoms with Gasteiger partial charge in [-0.2, -0.15) is 0 Å². The summed E-state index contributed by atoms with van der Waals surface area (Å²) in [6.07, 6.45) is 0.395. The molecule has 2 aliphatic rings. The van der Waals surface area contributed by atoms with Gasteiger partial charge in [0.1, 0.15) is 6.10 Å². The molecule has 0 saturated carbocycles. The molecule has 2 aliphatic heterocycles. The van der Waals surface area contributed by atoms with Crippen LogP contribution in [0.4, 0.5) is 0 Å². The molecule has 256 valence electrons. The molecule has 6 unspecified atom stereocenters. The van der Waals surface area contributed by atoms with Crippen molar-refractivity contribution in [1.82, 2.24) is 20.4 Å². The molecule has 0 aromatic carbocycles. The van der Waals surface area contributed by atoms with Crippen molar-refractivity contribution in [1.29, 1.82) is 0 Å². The summed E-state index contributed by atoms with van der Waals surface area (Å²) in [5, 5.41) is 7.06. The predicted molar refractivity (Wildman–Crippen MR) is 168 cm³/mol. The number of phosphoric acid groups is 2. The lowest BCUT2D eigenvalue weighted by Gasteiger charge is -2.29. The fourth-order valence-electron chi connectivity index (χ4n) is 5.96. The molecule has 2 heterocycles. The average molecular weight is 659 g/mol. The first kappa shape index (κ1) is 39.2. The minimum Gasteiger partial charge on any atom is -0.371 e. The zero-order valence-corrected chi connectivity index (χ0v) is 29.8. The molecule has 6 atom stereocenters. The van der Waals surface area contributed by atoms with Gasteiger partial charge in [-0.3, -0.25) is 27.9 Å².